The van der Waals surface area contributed by atoms with Crippen molar-refractivity contribution in [3.8, 4) is 0 Å². The standard InChI is InChI=1S/C11H13F2NO2S/c1-11(14,10(15)16-2)6-17-7-3-4-8(12)9(13)5-7/h3-5H,6,14H2,1-2H3. The zero-order chi connectivity index (χ0) is 13.1. The van der Waals surface area contributed by atoms with Gasteiger partial charge in [0.2, 0.25) is 0 Å². The number of carbonyl (C=O) groups is 1. The topological polar surface area (TPSA) is 52.3 Å². The van der Waals surface area contributed by atoms with Crippen molar-refractivity contribution in [1.82, 2.24) is 0 Å². The summed E-state index contributed by atoms with van der Waals surface area (Å²) >= 11 is 1.16. The van der Waals surface area contributed by atoms with Crippen LogP contribution in [0.2, 0.25) is 0 Å². The number of carbonyl (C=O) groups excluding carboxylic acids is 1. The quantitative estimate of drug-likeness (QED) is 0.665. The molecule has 2 N–H and O–H groups in total. The van der Waals surface area contributed by atoms with Gasteiger partial charge in [-0.25, -0.2) is 8.78 Å². The molecule has 0 aromatic heterocycles. The van der Waals surface area contributed by atoms with Crippen molar-refractivity contribution < 1.29 is 18.3 Å². The molecule has 0 bridgehead atoms. The first-order valence-corrected chi connectivity index (χ1v) is 5.80. The molecule has 0 fully saturated rings. The zero-order valence-electron chi connectivity index (χ0n) is 9.50. The van der Waals surface area contributed by atoms with Gasteiger partial charge < -0.3 is 10.5 Å². The number of nitrogens with two attached hydrogens (primary N) is 1. The summed E-state index contributed by atoms with van der Waals surface area (Å²) in [6.45, 7) is 1.52. The van der Waals surface area contributed by atoms with Crippen LogP contribution in [0.25, 0.3) is 0 Å². The summed E-state index contributed by atoms with van der Waals surface area (Å²) in [5.74, 6) is -2.16. The molecule has 0 aliphatic heterocycles. The van der Waals surface area contributed by atoms with E-state index >= 15 is 0 Å². The van der Waals surface area contributed by atoms with E-state index in [9.17, 15) is 13.6 Å². The van der Waals surface area contributed by atoms with E-state index < -0.39 is 23.1 Å². The van der Waals surface area contributed by atoms with Gasteiger partial charge in [-0.1, -0.05) is 0 Å². The lowest BCUT2D eigenvalue weighted by Crippen LogP contribution is -2.48. The second kappa shape index (κ2) is 5.46. The van der Waals surface area contributed by atoms with E-state index in [4.69, 9.17) is 5.73 Å². The first kappa shape index (κ1) is 13.9. The van der Waals surface area contributed by atoms with Crippen LogP contribution in [0.3, 0.4) is 0 Å². The molecule has 0 aliphatic rings. The SMILES string of the molecule is COC(=O)C(C)(N)CSc1ccc(F)c(F)c1. The van der Waals surface area contributed by atoms with Gasteiger partial charge in [-0.2, -0.15) is 0 Å². The number of hydrogen-bond acceptors (Lipinski definition) is 4. The molecular formula is C11H13F2NO2S. The van der Waals surface area contributed by atoms with Crippen molar-refractivity contribution in [2.24, 2.45) is 5.73 Å². The molecule has 0 radical (unpaired) electrons. The van der Waals surface area contributed by atoms with Crippen LogP contribution < -0.4 is 5.73 Å². The van der Waals surface area contributed by atoms with E-state index in [2.05, 4.69) is 4.74 Å². The Morgan fingerprint density at radius 1 is 1.47 bits per heavy atom. The highest BCUT2D eigenvalue weighted by Gasteiger charge is 2.29. The van der Waals surface area contributed by atoms with Gasteiger partial charge >= 0.3 is 5.97 Å². The van der Waals surface area contributed by atoms with Crippen LogP contribution in [0.1, 0.15) is 6.92 Å². The van der Waals surface area contributed by atoms with E-state index in [0.717, 1.165) is 23.9 Å². The summed E-state index contributed by atoms with van der Waals surface area (Å²) in [4.78, 5) is 11.8. The summed E-state index contributed by atoms with van der Waals surface area (Å²) in [7, 11) is 1.25. The van der Waals surface area contributed by atoms with E-state index in [0.29, 0.717) is 4.90 Å². The Morgan fingerprint density at radius 2 is 2.12 bits per heavy atom. The van der Waals surface area contributed by atoms with Crippen molar-refractivity contribution in [3.63, 3.8) is 0 Å². The Labute approximate surface area is 102 Å². The third-order valence-corrected chi connectivity index (χ3v) is 3.41. The summed E-state index contributed by atoms with van der Waals surface area (Å²) < 4.78 is 30.1. The monoisotopic (exact) mass is 261 g/mol. The third kappa shape index (κ3) is 3.67. The highest BCUT2D eigenvalue weighted by Crippen LogP contribution is 2.23. The van der Waals surface area contributed by atoms with Gasteiger partial charge in [0.1, 0.15) is 5.54 Å². The molecule has 1 unspecified atom stereocenters. The summed E-state index contributed by atoms with van der Waals surface area (Å²) in [5.41, 5.74) is 4.56. The Balaban J connectivity index is 2.67. The summed E-state index contributed by atoms with van der Waals surface area (Å²) in [6, 6.07) is 3.52. The number of esters is 1. The number of ether oxygens (including phenoxy) is 1. The molecule has 3 nitrogen and oxygen atoms in total. The second-order valence-electron chi connectivity index (χ2n) is 3.77. The fraction of sp³-hybridized carbons (Fsp3) is 0.364. The van der Waals surface area contributed by atoms with Gasteiger partial charge in [0.15, 0.2) is 11.6 Å². The smallest absolute Gasteiger partial charge is 0.326 e. The molecule has 0 amide bonds. The predicted octanol–water partition coefficient (Wildman–Crippen LogP) is 1.95. The van der Waals surface area contributed by atoms with Gasteiger partial charge in [-0.3, -0.25) is 4.79 Å². The van der Waals surface area contributed by atoms with Crippen LogP contribution in [0.5, 0.6) is 0 Å². The van der Waals surface area contributed by atoms with Crippen molar-refractivity contribution in [2.45, 2.75) is 17.4 Å². The fourth-order valence-corrected chi connectivity index (χ4v) is 2.03. The highest BCUT2D eigenvalue weighted by atomic mass is 32.2. The molecule has 0 heterocycles. The lowest BCUT2D eigenvalue weighted by molar-refractivity contribution is -0.145. The molecule has 1 aromatic carbocycles. The van der Waals surface area contributed by atoms with Crippen molar-refractivity contribution >= 4 is 17.7 Å². The Bertz CT molecular complexity index is 424. The number of hydrogen-bond donors (Lipinski definition) is 1. The summed E-state index contributed by atoms with van der Waals surface area (Å²) in [5, 5.41) is 0. The first-order chi connectivity index (χ1) is 7.86. The van der Waals surface area contributed by atoms with E-state index in [-0.39, 0.29) is 5.75 Å². The largest absolute Gasteiger partial charge is 0.468 e. The number of halogens is 2. The van der Waals surface area contributed by atoms with Crippen LogP contribution in [-0.4, -0.2) is 24.4 Å². The number of benzene rings is 1. The van der Waals surface area contributed by atoms with Crippen LogP contribution >= 0.6 is 11.8 Å². The fourth-order valence-electron chi connectivity index (χ4n) is 1.09. The molecule has 0 spiro atoms. The Hall–Kier alpha value is -1.14. The number of methoxy groups -OCH3 is 1. The average molecular weight is 261 g/mol. The van der Waals surface area contributed by atoms with Crippen molar-refractivity contribution in [3.05, 3.63) is 29.8 Å². The van der Waals surface area contributed by atoms with E-state index in [1.807, 2.05) is 0 Å². The Kier molecular flexibility index (Phi) is 4.47. The molecule has 1 atom stereocenters. The minimum Gasteiger partial charge on any atom is -0.468 e. The normalized spacial score (nSPS) is 14.2. The molecule has 6 heteroatoms. The van der Waals surface area contributed by atoms with Crippen LogP contribution in [-0.2, 0) is 9.53 Å². The number of thioether (sulfide) groups is 1. The molecule has 94 valence electrons. The van der Waals surface area contributed by atoms with E-state index in [1.165, 1.54) is 20.1 Å². The van der Waals surface area contributed by atoms with Crippen molar-refractivity contribution in [2.75, 3.05) is 12.9 Å². The third-order valence-electron chi connectivity index (χ3n) is 2.08. The number of rotatable bonds is 4. The van der Waals surface area contributed by atoms with Gasteiger partial charge in [0.05, 0.1) is 7.11 Å². The average Bonchev–Trinajstić information content (AvgIpc) is 2.29. The van der Waals surface area contributed by atoms with Gasteiger partial charge in [0, 0.05) is 10.6 Å². The lowest BCUT2D eigenvalue weighted by atomic mass is 10.1. The van der Waals surface area contributed by atoms with Crippen molar-refractivity contribution in [1.29, 1.82) is 0 Å². The van der Waals surface area contributed by atoms with Crippen LogP contribution in [0, 0.1) is 11.6 Å². The molecule has 1 aromatic rings. The minimum absolute atomic E-state index is 0.213. The first-order valence-electron chi connectivity index (χ1n) is 4.82. The van der Waals surface area contributed by atoms with Gasteiger partial charge in [0.25, 0.3) is 0 Å². The maximum Gasteiger partial charge on any atom is 0.326 e. The van der Waals surface area contributed by atoms with Crippen LogP contribution in [0.15, 0.2) is 23.1 Å². The molecule has 0 saturated carbocycles. The molecular weight excluding hydrogens is 248 g/mol. The predicted molar refractivity (Wildman–Crippen MR) is 61.7 cm³/mol. The van der Waals surface area contributed by atoms with E-state index in [1.54, 1.807) is 0 Å². The molecule has 0 saturated heterocycles. The second-order valence-corrected chi connectivity index (χ2v) is 4.82. The minimum atomic E-state index is -1.16. The highest BCUT2D eigenvalue weighted by molar-refractivity contribution is 7.99. The molecule has 1 rings (SSSR count). The maximum atomic E-state index is 12.9. The van der Waals surface area contributed by atoms with Gasteiger partial charge in [-0.15, -0.1) is 11.8 Å². The summed E-state index contributed by atoms with van der Waals surface area (Å²) in [6.07, 6.45) is 0. The maximum absolute atomic E-state index is 12.9. The zero-order valence-corrected chi connectivity index (χ0v) is 10.3. The van der Waals surface area contributed by atoms with Gasteiger partial charge in [-0.05, 0) is 25.1 Å². The lowest BCUT2D eigenvalue weighted by Gasteiger charge is -2.20. The Morgan fingerprint density at radius 3 is 2.65 bits per heavy atom. The molecule has 0 aliphatic carbocycles. The van der Waals surface area contributed by atoms with Crippen LogP contribution in [0.4, 0.5) is 8.78 Å². The molecule has 17 heavy (non-hydrogen) atoms.